The van der Waals surface area contributed by atoms with E-state index >= 15 is 0 Å². The smallest absolute Gasteiger partial charge is 0.383 e. The molecule has 35 heavy (non-hydrogen) atoms. The molecule has 3 aromatic heterocycles. The van der Waals surface area contributed by atoms with E-state index in [0.717, 1.165) is 27.0 Å². The van der Waals surface area contributed by atoms with Gasteiger partial charge in [0.25, 0.3) is 0 Å². The molecule has 1 aliphatic heterocycles. The first-order chi connectivity index (χ1) is 16.8. The second-order valence-electron chi connectivity index (χ2n) is 8.21. The number of hydrogen-bond donors (Lipinski definition) is 3. The molecule has 0 amide bonds. The Morgan fingerprint density at radius 1 is 1.06 bits per heavy atom. The van der Waals surface area contributed by atoms with Gasteiger partial charge in [-0.1, -0.05) is 28.1 Å². The summed E-state index contributed by atoms with van der Waals surface area (Å²) >= 11 is 3.53. The largest absolute Gasteiger partial charge is 0.469 e. The summed E-state index contributed by atoms with van der Waals surface area (Å²) in [5.41, 5.74) is 10.1. The first-order valence-corrected chi connectivity index (χ1v) is 13.2. The standard InChI is InChI=1S/C23H22BrN6O4P/c24-16-3-1-2-14(10-16)18-11-19(29-23-21(18)22(25)27-13-28-23)15-4-5-20(26-12-15)30-8-6-17(7-9-30)34-35(31,32)33/h1-5,10-13,17H,6-9H2,(H2,31,32,33)(H2,25,27,28,29). The van der Waals surface area contributed by atoms with Crippen LogP contribution in [-0.4, -0.2) is 48.9 Å². The van der Waals surface area contributed by atoms with Crippen molar-refractivity contribution in [1.82, 2.24) is 19.9 Å². The quantitative estimate of drug-likeness (QED) is 0.305. The zero-order valence-corrected chi connectivity index (χ0v) is 20.9. The Kier molecular flexibility index (Phi) is 6.52. The number of phosphoric ester groups is 1. The maximum atomic E-state index is 11.1. The number of anilines is 2. The van der Waals surface area contributed by atoms with Crippen LogP contribution in [0.4, 0.5) is 11.6 Å². The Morgan fingerprint density at radius 2 is 1.86 bits per heavy atom. The topological polar surface area (TPSA) is 148 Å². The third-order valence-corrected chi connectivity index (χ3v) is 6.93. The van der Waals surface area contributed by atoms with Gasteiger partial charge in [0.15, 0.2) is 5.65 Å². The van der Waals surface area contributed by atoms with E-state index in [-0.39, 0.29) is 0 Å². The molecule has 180 valence electrons. The van der Waals surface area contributed by atoms with Crippen molar-refractivity contribution in [3.63, 3.8) is 0 Å². The highest BCUT2D eigenvalue weighted by Gasteiger charge is 2.27. The highest BCUT2D eigenvalue weighted by atomic mass is 79.9. The SMILES string of the molecule is Nc1ncnc2nc(-c3ccc(N4CCC(OP(=O)(O)O)CC4)nc3)cc(-c3cccc(Br)c3)c12. The minimum atomic E-state index is -4.48. The third kappa shape index (κ3) is 5.34. The van der Waals surface area contributed by atoms with E-state index in [4.69, 9.17) is 25.0 Å². The molecule has 0 radical (unpaired) electrons. The second kappa shape index (κ2) is 9.60. The summed E-state index contributed by atoms with van der Waals surface area (Å²) in [6.45, 7) is 1.18. The van der Waals surface area contributed by atoms with Gasteiger partial charge in [0, 0.05) is 29.3 Å². The molecule has 0 bridgehead atoms. The number of nitrogens with zero attached hydrogens (tertiary/aromatic N) is 5. The van der Waals surface area contributed by atoms with E-state index in [9.17, 15) is 4.57 Å². The summed E-state index contributed by atoms with van der Waals surface area (Å²) < 4.78 is 16.8. The van der Waals surface area contributed by atoms with Crippen molar-refractivity contribution in [2.75, 3.05) is 23.7 Å². The van der Waals surface area contributed by atoms with Crippen LogP contribution in [0.5, 0.6) is 0 Å². The van der Waals surface area contributed by atoms with E-state index in [2.05, 4.69) is 35.8 Å². The molecule has 1 fully saturated rings. The molecular formula is C23H22BrN6O4P. The van der Waals surface area contributed by atoms with Gasteiger partial charge in [-0.2, -0.15) is 0 Å². The first-order valence-electron chi connectivity index (χ1n) is 10.9. The molecule has 1 aliphatic rings. The normalized spacial score (nSPS) is 15.0. The Labute approximate surface area is 209 Å². The summed E-state index contributed by atoms with van der Waals surface area (Å²) in [7, 11) is -4.48. The molecule has 1 aromatic carbocycles. The number of hydrogen-bond acceptors (Lipinski definition) is 8. The number of piperidine rings is 1. The molecule has 1 saturated heterocycles. The highest BCUT2D eigenvalue weighted by Crippen LogP contribution is 2.40. The summed E-state index contributed by atoms with van der Waals surface area (Å²) in [6, 6.07) is 13.7. The molecule has 5 rings (SSSR count). The number of phosphoric acid groups is 1. The third-order valence-electron chi connectivity index (χ3n) is 5.86. The van der Waals surface area contributed by atoms with Crippen LogP contribution in [0.3, 0.4) is 0 Å². The van der Waals surface area contributed by atoms with Crippen molar-refractivity contribution in [2.24, 2.45) is 0 Å². The van der Waals surface area contributed by atoms with Crippen LogP contribution in [-0.2, 0) is 9.09 Å². The number of aromatic nitrogens is 4. The van der Waals surface area contributed by atoms with Crippen LogP contribution in [0.2, 0.25) is 0 Å². The molecule has 0 saturated carbocycles. The maximum absolute atomic E-state index is 11.1. The Hall–Kier alpha value is -2.95. The van der Waals surface area contributed by atoms with Crippen LogP contribution in [0, 0.1) is 0 Å². The molecular weight excluding hydrogens is 535 g/mol. The molecule has 0 unspecified atom stereocenters. The Morgan fingerprint density at radius 3 is 2.54 bits per heavy atom. The van der Waals surface area contributed by atoms with Crippen molar-refractivity contribution < 1.29 is 18.9 Å². The molecule has 0 atom stereocenters. The Balaban J connectivity index is 1.44. The molecule has 0 spiro atoms. The van der Waals surface area contributed by atoms with E-state index in [1.54, 1.807) is 6.20 Å². The van der Waals surface area contributed by atoms with Crippen molar-refractivity contribution in [1.29, 1.82) is 0 Å². The van der Waals surface area contributed by atoms with Crippen molar-refractivity contribution >= 4 is 46.4 Å². The lowest BCUT2D eigenvalue weighted by atomic mass is 10.0. The molecule has 10 nitrogen and oxygen atoms in total. The van der Waals surface area contributed by atoms with Gasteiger partial charge < -0.3 is 20.4 Å². The summed E-state index contributed by atoms with van der Waals surface area (Å²) in [5, 5.41) is 0.694. The summed E-state index contributed by atoms with van der Waals surface area (Å²) in [5.74, 6) is 1.14. The average Bonchev–Trinajstić information content (AvgIpc) is 2.83. The predicted octanol–water partition coefficient (Wildman–Crippen LogP) is 4.18. The number of nitrogens with two attached hydrogens (primary N) is 1. The number of nitrogen functional groups attached to an aromatic ring is 1. The van der Waals surface area contributed by atoms with Gasteiger partial charge in [-0.05, 0) is 54.3 Å². The van der Waals surface area contributed by atoms with E-state index in [1.165, 1.54) is 6.33 Å². The van der Waals surface area contributed by atoms with Gasteiger partial charge in [-0.3, -0.25) is 4.52 Å². The molecule has 4 N–H and O–H groups in total. The number of benzene rings is 1. The van der Waals surface area contributed by atoms with Gasteiger partial charge in [0.2, 0.25) is 0 Å². The van der Waals surface area contributed by atoms with E-state index in [1.807, 2.05) is 42.5 Å². The monoisotopic (exact) mass is 556 g/mol. The molecule has 0 aliphatic carbocycles. The zero-order valence-electron chi connectivity index (χ0n) is 18.5. The second-order valence-corrected chi connectivity index (χ2v) is 10.3. The van der Waals surface area contributed by atoms with Crippen molar-refractivity contribution in [3.05, 3.63) is 59.5 Å². The predicted molar refractivity (Wildman–Crippen MR) is 136 cm³/mol. The lowest BCUT2D eigenvalue weighted by Crippen LogP contribution is -2.37. The minimum Gasteiger partial charge on any atom is -0.383 e. The fraction of sp³-hybridized carbons (Fsp3) is 0.217. The fourth-order valence-corrected chi connectivity index (χ4v) is 5.23. The van der Waals surface area contributed by atoms with Gasteiger partial charge >= 0.3 is 7.82 Å². The molecule has 4 heterocycles. The van der Waals surface area contributed by atoms with E-state index < -0.39 is 13.9 Å². The summed E-state index contributed by atoms with van der Waals surface area (Å²) in [4.78, 5) is 37.9. The van der Waals surface area contributed by atoms with Crippen LogP contribution in [0.1, 0.15) is 12.8 Å². The van der Waals surface area contributed by atoms with Gasteiger partial charge in [0.1, 0.15) is 18.0 Å². The van der Waals surface area contributed by atoms with Crippen LogP contribution < -0.4 is 10.6 Å². The van der Waals surface area contributed by atoms with Gasteiger partial charge in [-0.25, -0.2) is 24.5 Å². The number of fused-ring (bicyclic) bond motifs is 1. The highest BCUT2D eigenvalue weighted by molar-refractivity contribution is 9.10. The maximum Gasteiger partial charge on any atom is 0.469 e. The fourth-order valence-electron chi connectivity index (χ4n) is 4.23. The average molecular weight is 557 g/mol. The number of pyridine rings is 2. The van der Waals surface area contributed by atoms with Gasteiger partial charge in [-0.15, -0.1) is 0 Å². The Bertz CT molecular complexity index is 1420. The number of rotatable bonds is 5. The van der Waals surface area contributed by atoms with Crippen LogP contribution in [0.25, 0.3) is 33.4 Å². The molecule has 4 aromatic rings. The van der Waals surface area contributed by atoms with Crippen molar-refractivity contribution in [2.45, 2.75) is 18.9 Å². The molecule has 12 heteroatoms. The summed E-state index contributed by atoms with van der Waals surface area (Å²) in [6.07, 6.45) is 3.73. The van der Waals surface area contributed by atoms with E-state index in [0.29, 0.717) is 48.5 Å². The van der Waals surface area contributed by atoms with Crippen LogP contribution in [0.15, 0.2) is 59.5 Å². The first kappa shape index (κ1) is 23.8. The zero-order chi connectivity index (χ0) is 24.6. The minimum absolute atomic E-state index is 0.364. The van der Waals surface area contributed by atoms with Crippen molar-refractivity contribution in [3.8, 4) is 22.4 Å². The lowest BCUT2D eigenvalue weighted by molar-refractivity contribution is 0.114. The van der Waals surface area contributed by atoms with Gasteiger partial charge in [0.05, 0.1) is 17.2 Å². The lowest BCUT2D eigenvalue weighted by Gasteiger charge is -2.32. The number of halogens is 1. The van der Waals surface area contributed by atoms with Crippen LogP contribution >= 0.6 is 23.8 Å².